The molecule has 2 aromatic carbocycles. The number of anilines is 1. The van der Waals surface area contributed by atoms with E-state index in [4.69, 9.17) is 5.73 Å². The molecule has 0 aliphatic rings. The predicted molar refractivity (Wildman–Crippen MR) is 66.2 cm³/mol. The first-order valence-electron chi connectivity index (χ1n) is 5.35. The molecule has 0 saturated heterocycles. The molecular formula is C14H11F2NO. The Morgan fingerprint density at radius 1 is 1.17 bits per heavy atom. The lowest BCUT2D eigenvalue weighted by Crippen LogP contribution is -1.98. The fraction of sp³-hybridized carbons (Fsp3) is 0.0714. The van der Waals surface area contributed by atoms with Gasteiger partial charge in [-0.3, -0.25) is 4.79 Å². The fourth-order valence-corrected chi connectivity index (χ4v) is 1.70. The van der Waals surface area contributed by atoms with Crippen LogP contribution in [0.15, 0.2) is 36.4 Å². The Kier molecular flexibility index (Phi) is 3.10. The number of carbonyl (C=O) groups is 1. The maximum absolute atomic E-state index is 13.8. The van der Waals surface area contributed by atoms with Crippen molar-refractivity contribution in [2.24, 2.45) is 0 Å². The van der Waals surface area contributed by atoms with Gasteiger partial charge in [-0.05, 0) is 30.7 Å². The Bertz CT molecular complexity index is 623. The fourth-order valence-electron chi connectivity index (χ4n) is 1.70. The Hall–Kier alpha value is -2.23. The van der Waals surface area contributed by atoms with Crippen molar-refractivity contribution >= 4 is 11.5 Å². The maximum atomic E-state index is 13.8. The van der Waals surface area contributed by atoms with E-state index < -0.39 is 17.3 Å². The van der Waals surface area contributed by atoms with Gasteiger partial charge >= 0.3 is 0 Å². The van der Waals surface area contributed by atoms with E-state index in [2.05, 4.69) is 0 Å². The van der Waals surface area contributed by atoms with Crippen molar-refractivity contribution in [3.05, 3.63) is 53.6 Å². The number of benzene rings is 2. The summed E-state index contributed by atoms with van der Waals surface area (Å²) < 4.78 is 26.9. The first-order valence-corrected chi connectivity index (χ1v) is 5.35. The second-order valence-electron chi connectivity index (χ2n) is 3.96. The second-order valence-corrected chi connectivity index (χ2v) is 3.96. The number of halogens is 2. The van der Waals surface area contributed by atoms with Gasteiger partial charge in [-0.2, -0.15) is 0 Å². The molecule has 0 unspecified atom stereocenters. The van der Waals surface area contributed by atoms with Crippen molar-refractivity contribution in [2.75, 3.05) is 5.73 Å². The molecule has 2 nitrogen and oxygen atoms in total. The zero-order valence-corrected chi connectivity index (χ0v) is 9.71. The third-order valence-electron chi connectivity index (χ3n) is 2.71. The number of ketones is 1. The van der Waals surface area contributed by atoms with Crippen LogP contribution in [0.25, 0.3) is 11.1 Å². The van der Waals surface area contributed by atoms with Crippen LogP contribution in [-0.4, -0.2) is 5.78 Å². The highest BCUT2D eigenvalue weighted by molar-refractivity contribution is 5.95. The van der Waals surface area contributed by atoms with Crippen LogP contribution < -0.4 is 5.73 Å². The van der Waals surface area contributed by atoms with Gasteiger partial charge in [0.05, 0.1) is 0 Å². The largest absolute Gasteiger partial charge is 0.394 e. The summed E-state index contributed by atoms with van der Waals surface area (Å²) in [6, 6.07) is 8.89. The molecule has 0 fully saturated rings. The third-order valence-corrected chi connectivity index (χ3v) is 2.71. The average Bonchev–Trinajstić information content (AvgIpc) is 2.36. The Labute approximate surface area is 103 Å². The molecule has 2 aromatic rings. The first kappa shape index (κ1) is 12.2. The molecule has 0 aliphatic carbocycles. The minimum atomic E-state index is -0.810. The summed E-state index contributed by atoms with van der Waals surface area (Å²) in [7, 11) is 0. The third kappa shape index (κ3) is 2.09. The topological polar surface area (TPSA) is 43.1 Å². The number of nitrogen functional groups attached to an aromatic ring is 1. The summed E-state index contributed by atoms with van der Waals surface area (Å²) in [6.45, 7) is 1.43. The van der Waals surface area contributed by atoms with Gasteiger partial charge in [-0.1, -0.05) is 18.2 Å². The lowest BCUT2D eigenvalue weighted by atomic mass is 10.0. The maximum Gasteiger partial charge on any atom is 0.159 e. The normalized spacial score (nSPS) is 10.4. The molecule has 0 radical (unpaired) electrons. The highest BCUT2D eigenvalue weighted by Crippen LogP contribution is 2.28. The molecule has 0 aliphatic heterocycles. The zero-order valence-electron chi connectivity index (χ0n) is 9.71. The minimum Gasteiger partial charge on any atom is -0.394 e. The van der Waals surface area contributed by atoms with Crippen LogP contribution in [0, 0.1) is 11.6 Å². The molecule has 2 N–H and O–H groups in total. The van der Waals surface area contributed by atoms with E-state index >= 15 is 0 Å². The van der Waals surface area contributed by atoms with E-state index in [-0.39, 0.29) is 11.3 Å². The van der Waals surface area contributed by atoms with Gasteiger partial charge in [0.15, 0.2) is 11.6 Å². The quantitative estimate of drug-likeness (QED) is 0.652. The van der Waals surface area contributed by atoms with Gasteiger partial charge < -0.3 is 5.73 Å². The van der Waals surface area contributed by atoms with Gasteiger partial charge in [0.25, 0.3) is 0 Å². The van der Waals surface area contributed by atoms with Gasteiger partial charge in [-0.25, -0.2) is 8.78 Å². The molecule has 92 valence electrons. The molecule has 18 heavy (non-hydrogen) atoms. The molecule has 0 bridgehead atoms. The molecule has 4 heteroatoms. The van der Waals surface area contributed by atoms with Crippen molar-refractivity contribution in [2.45, 2.75) is 6.92 Å². The van der Waals surface area contributed by atoms with Crippen LogP contribution in [0.4, 0.5) is 14.5 Å². The summed E-state index contributed by atoms with van der Waals surface area (Å²) in [4.78, 5) is 11.3. The van der Waals surface area contributed by atoms with Crippen molar-refractivity contribution in [3.8, 4) is 11.1 Å². The van der Waals surface area contributed by atoms with E-state index in [0.717, 1.165) is 6.07 Å². The summed E-state index contributed by atoms with van der Waals surface area (Å²) in [5, 5.41) is 0. The lowest BCUT2D eigenvalue weighted by Gasteiger charge is -2.07. The van der Waals surface area contributed by atoms with Crippen molar-refractivity contribution in [1.82, 2.24) is 0 Å². The average molecular weight is 247 g/mol. The van der Waals surface area contributed by atoms with Crippen LogP contribution in [0.2, 0.25) is 0 Å². The van der Waals surface area contributed by atoms with Gasteiger partial charge in [0, 0.05) is 11.1 Å². The number of nitrogens with two attached hydrogens (primary N) is 1. The number of carbonyl (C=O) groups excluding carboxylic acids is 1. The smallest absolute Gasteiger partial charge is 0.159 e. The van der Waals surface area contributed by atoms with Crippen molar-refractivity contribution in [1.29, 1.82) is 0 Å². The van der Waals surface area contributed by atoms with Gasteiger partial charge in [0.2, 0.25) is 0 Å². The molecule has 0 atom stereocenters. The van der Waals surface area contributed by atoms with Crippen LogP contribution in [0.3, 0.4) is 0 Å². The van der Waals surface area contributed by atoms with E-state index in [0.29, 0.717) is 11.1 Å². The number of hydrogen-bond acceptors (Lipinski definition) is 2. The number of rotatable bonds is 2. The highest BCUT2D eigenvalue weighted by Gasteiger charge is 2.12. The summed E-state index contributed by atoms with van der Waals surface area (Å²) in [5.74, 6) is -1.72. The van der Waals surface area contributed by atoms with E-state index in [1.165, 1.54) is 13.0 Å². The number of Topliss-reactive ketones (excluding diaryl/α,β-unsaturated/α-hetero) is 1. The van der Waals surface area contributed by atoms with Crippen LogP contribution in [-0.2, 0) is 0 Å². The van der Waals surface area contributed by atoms with Gasteiger partial charge in [0.1, 0.15) is 11.5 Å². The summed E-state index contributed by atoms with van der Waals surface area (Å²) >= 11 is 0. The number of hydrogen-bond donors (Lipinski definition) is 1. The summed E-state index contributed by atoms with van der Waals surface area (Å²) in [5.41, 5.74) is 5.93. The molecule has 0 amide bonds. The van der Waals surface area contributed by atoms with E-state index in [1.54, 1.807) is 24.3 Å². The molecule has 2 rings (SSSR count). The molecule has 0 heterocycles. The predicted octanol–water partition coefficient (Wildman–Crippen LogP) is 3.42. The standard InChI is InChI=1S/C14H11F2NO/c1-8(18)9-3-2-4-10(7-9)11-5-6-12(15)14(17)13(11)16/h2-7H,17H2,1H3. The lowest BCUT2D eigenvalue weighted by molar-refractivity contribution is 0.101. The summed E-state index contributed by atoms with van der Waals surface area (Å²) in [6.07, 6.45) is 0. The Morgan fingerprint density at radius 3 is 2.56 bits per heavy atom. The monoisotopic (exact) mass is 247 g/mol. The van der Waals surface area contributed by atoms with Gasteiger partial charge in [-0.15, -0.1) is 0 Å². The van der Waals surface area contributed by atoms with Crippen molar-refractivity contribution < 1.29 is 13.6 Å². The van der Waals surface area contributed by atoms with E-state index in [1.807, 2.05) is 0 Å². The molecule has 0 saturated carbocycles. The molecule has 0 aromatic heterocycles. The highest BCUT2D eigenvalue weighted by atomic mass is 19.1. The zero-order chi connectivity index (χ0) is 13.3. The molecular weight excluding hydrogens is 236 g/mol. The molecule has 0 spiro atoms. The van der Waals surface area contributed by atoms with Crippen LogP contribution in [0.1, 0.15) is 17.3 Å². The first-order chi connectivity index (χ1) is 8.50. The van der Waals surface area contributed by atoms with E-state index in [9.17, 15) is 13.6 Å². The second kappa shape index (κ2) is 4.56. The van der Waals surface area contributed by atoms with Crippen LogP contribution in [0.5, 0.6) is 0 Å². The Morgan fingerprint density at radius 2 is 1.89 bits per heavy atom. The van der Waals surface area contributed by atoms with Crippen LogP contribution >= 0.6 is 0 Å². The Balaban J connectivity index is 2.59. The van der Waals surface area contributed by atoms with Crippen molar-refractivity contribution in [3.63, 3.8) is 0 Å². The minimum absolute atomic E-state index is 0.118. The SMILES string of the molecule is CC(=O)c1cccc(-c2ccc(F)c(N)c2F)c1.